The van der Waals surface area contributed by atoms with E-state index in [1.54, 1.807) is 25.4 Å². The number of methoxy groups -OCH3 is 1. The normalized spacial score (nSPS) is 12.4. The number of sulfonamides is 1. The Hall–Kier alpha value is -2.81. The van der Waals surface area contributed by atoms with Gasteiger partial charge in [-0.2, -0.15) is 0 Å². The number of nitrogens with one attached hydrogen (secondary N) is 1. The first-order valence-corrected chi connectivity index (χ1v) is 11.4. The van der Waals surface area contributed by atoms with Gasteiger partial charge in [0.25, 0.3) is 5.56 Å². The van der Waals surface area contributed by atoms with Gasteiger partial charge < -0.3 is 13.9 Å². The van der Waals surface area contributed by atoms with Gasteiger partial charge in [0.2, 0.25) is 10.0 Å². The van der Waals surface area contributed by atoms with Crippen LogP contribution in [-0.4, -0.2) is 35.9 Å². The van der Waals surface area contributed by atoms with Crippen molar-refractivity contribution < 1.29 is 13.2 Å². The highest BCUT2D eigenvalue weighted by Crippen LogP contribution is 2.34. The molecule has 8 nitrogen and oxygen atoms in total. The van der Waals surface area contributed by atoms with E-state index in [1.807, 2.05) is 13.0 Å². The molecule has 162 valence electrons. The lowest BCUT2D eigenvalue weighted by Gasteiger charge is -2.21. The van der Waals surface area contributed by atoms with Crippen molar-refractivity contribution in [3.8, 4) is 16.9 Å². The minimum atomic E-state index is -3.51. The zero-order valence-corrected chi connectivity index (χ0v) is 19.2. The molecule has 3 rings (SSSR count). The van der Waals surface area contributed by atoms with Crippen LogP contribution in [0.25, 0.3) is 22.2 Å². The largest absolute Gasteiger partial charge is 0.491 e. The molecule has 1 aromatic carbocycles. The molecule has 0 spiro atoms. The first-order valence-electron chi connectivity index (χ1n) is 9.53. The van der Waals surface area contributed by atoms with Gasteiger partial charge in [0.1, 0.15) is 11.3 Å². The van der Waals surface area contributed by atoms with Crippen molar-refractivity contribution in [2.75, 3.05) is 18.1 Å². The van der Waals surface area contributed by atoms with Crippen LogP contribution in [0.2, 0.25) is 0 Å². The number of nitrogens with zero attached hydrogens (tertiary/aromatic N) is 3. The number of rotatable bonds is 5. The first kappa shape index (κ1) is 21.9. The summed E-state index contributed by atoms with van der Waals surface area (Å²) in [6.45, 7) is 9.03. The number of aryl methyl sites for hydroxylation is 2. The molecule has 9 heteroatoms. The second kappa shape index (κ2) is 7.46. The van der Waals surface area contributed by atoms with Gasteiger partial charge >= 0.3 is 0 Å². The van der Waals surface area contributed by atoms with Gasteiger partial charge in [-0.05, 0) is 36.1 Å². The molecule has 2 heterocycles. The van der Waals surface area contributed by atoms with E-state index in [4.69, 9.17) is 4.74 Å². The standard InChI is InChI=1S/C21H28N4O4S/c1-13-22-19-16(23-30(7,27)28)8-14(9-17(19)25(13)12-21(2,3)4)15-10-18(29-6)20(26)24(5)11-15/h8-11,23H,12H2,1-7H3. The van der Waals surface area contributed by atoms with E-state index in [0.29, 0.717) is 17.7 Å². The lowest BCUT2D eigenvalue weighted by Crippen LogP contribution is -2.18. The van der Waals surface area contributed by atoms with E-state index >= 15 is 0 Å². The van der Waals surface area contributed by atoms with Crippen molar-refractivity contribution in [3.05, 3.63) is 40.6 Å². The van der Waals surface area contributed by atoms with E-state index in [-0.39, 0.29) is 16.7 Å². The molecule has 0 aliphatic heterocycles. The van der Waals surface area contributed by atoms with Crippen LogP contribution in [0.5, 0.6) is 5.75 Å². The number of ether oxygens (including phenoxy) is 1. The van der Waals surface area contributed by atoms with Gasteiger partial charge in [0, 0.05) is 25.4 Å². The van der Waals surface area contributed by atoms with E-state index in [0.717, 1.165) is 28.7 Å². The summed E-state index contributed by atoms with van der Waals surface area (Å²) in [5.74, 6) is 1.01. The third-order valence-corrected chi connectivity index (χ3v) is 5.27. The van der Waals surface area contributed by atoms with Crippen molar-refractivity contribution in [1.29, 1.82) is 0 Å². The zero-order valence-electron chi connectivity index (χ0n) is 18.4. The van der Waals surface area contributed by atoms with Crippen molar-refractivity contribution >= 4 is 26.7 Å². The van der Waals surface area contributed by atoms with Crippen LogP contribution in [0.4, 0.5) is 5.69 Å². The molecule has 0 aliphatic carbocycles. The maximum Gasteiger partial charge on any atom is 0.292 e. The molecule has 1 N–H and O–H groups in total. The molecule has 0 unspecified atom stereocenters. The van der Waals surface area contributed by atoms with Crippen molar-refractivity contribution in [1.82, 2.24) is 14.1 Å². The van der Waals surface area contributed by atoms with Crippen LogP contribution < -0.4 is 15.0 Å². The highest BCUT2D eigenvalue weighted by Gasteiger charge is 2.20. The second-order valence-corrected chi connectivity index (χ2v) is 10.5. The lowest BCUT2D eigenvalue weighted by molar-refractivity contribution is 0.345. The maximum absolute atomic E-state index is 12.2. The molecule has 0 atom stereocenters. The summed E-state index contributed by atoms with van der Waals surface area (Å²) < 4.78 is 35.3. The van der Waals surface area contributed by atoms with Crippen molar-refractivity contribution in [2.45, 2.75) is 34.2 Å². The lowest BCUT2D eigenvalue weighted by atomic mass is 9.96. The molecule has 30 heavy (non-hydrogen) atoms. The Morgan fingerprint density at radius 1 is 1.17 bits per heavy atom. The summed E-state index contributed by atoms with van der Waals surface area (Å²) in [4.78, 5) is 16.8. The average Bonchev–Trinajstić information content (AvgIpc) is 2.90. The quantitative estimate of drug-likeness (QED) is 0.668. The fourth-order valence-electron chi connectivity index (χ4n) is 3.44. The van der Waals surface area contributed by atoms with Crippen LogP contribution in [0.3, 0.4) is 0 Å². The van der Waals surface area contributed by atoms with Crippen LogP contribution in [0.1, 0.15) is 26.6 Å². The van der Waals surface area contributed by atoms with Crippen LogP contribution >= 0.6 is 0 Å². The number of hydrogen-bond acceptors (Lipinski definition) is 5. The van der Waals surface area contributed by atoms with Gasteiger partial charge in [-0.15, -0.1) is 0 Å². The molecule has 0 fully saturated rings. The topological polar surface area (TPSA) is 95.2 Å². The zero-order chi connectivity index (χ0) is 22.4. The Kier molecular flexibility index (Phi) is 5.44. The van der Waals surface area contributed by atoms with Crippen LogP contribution in [0.15, 0.2) is 29.2 Å². The van der Waals surface area contributed by atoms with Crippen LogP contribution in [-0.2, 0) is 23.6 Å². The number of imidazole rings is 1. The molecular formula is C21H28N4O4S. The fourth-order valence-corrected chi connectivity index (χ4v) is 4.00. The van der Waals surface area contributed by atoms with Crippen molar-refractivity contribution in [3.63, 3.8) is 0 Å². The monoisotopic (exact) mass is 432 g/mol. The first-order chi connectivity index (χ1) is 13.8. The van der Waals surface area contributed by atoms with Gasteiger partial charge in [0.15, 0.2) is 5.75 Å². The third-order valence-electron chi connectivity index (χ3n) is 4.68. The summed E-state index contributed by atoms with van der Waals surface area (Å²) in [5.41, 5.74) is 3.03. The maximum atomic E-state index is 12.2. The Morgan fingerprint density at radius 2 is 1.83 bits per heavy atom. The average molecular weight is 433 g/mol. The Balaban J connectivity index is 2.34. The predicted octanol–water partition coefficient (Wildman–Crippen LogP) is 3.14. The molecular weight excluding hydrogens is 404 g/mol. The van der Waals surface area contributed by atoms with E-state index in [1.165, 1.54) is 11.7 Å². The van der Waals surface area contributed by atoms with E-state index < -0.39 is 10.0 Å². The summed E-state index contributed by atoms with van der Waals surface area (Å²) in [7, 11) is -0.417. The number of anilines is 1. The minimum absolute atomic E-state index is 0.00130. The molecule has 0 saturated carbocycles. The Bertz CT molecular complexity index is 1280. The number of pyridine rings is 1. The molecule has 2 aromatic heterocycles. The molecule has 3 aromatic rings. The number of fused-ring (bicyclic) bond motifs is 1. The van der Waals surface area contributed by atoms with Gasteiger partial charge in [-0.3, -0.25) is 9.52 Å². The molecule has 0 saturated heterocycles. The molecule has 0 aliphatic rings. The van der Waals surface area contributed by atoms with E-state index in [9.17, 15) is 13.2 Å². The van der Waals surface area contributed by atoms with Crippen LogP contribution in [0, 0.1) is 12.3 Å². The smallest absolute Gasteiger partial charge is 0.292 e. The second-order valence-electron chi connectivity index (χ2n) is 8.78. The highest BCUT2D eigenvalue weighted by atomic mass is 32.2. The minimum Gasteiger partial charge on any atom is -0.491 e. The summed E-state index contributed by atoms with van der Waals surface area (Å²) >= 11 is 0. The van der Waals surface area contributed by atoms with Crippen molar-refractivity contribution in [2.24, 2.45) is 12.5 Å². The summed E-state index contributed by atoms with van der Waals surface area (Å²) in [6.07, 6.45) is 2.81. The van der Waals surface area contributed by atoms with Gasteiger partial charge in [-0.25, -0.2) is 13.4 Å². The van der Waals surface area contributed by atoms with Gasteiger partial charge in [0.05, 0.1) is 24.6 Å². The Labute approximate surface area is 176 Å². The SMILES string of the molecule is COc1cc(-c2cc(NS(C)(=O)=O)c3nc(C)n(CC(C)(C)C)c3c2)cn(C)c1=O. The predicted molar refractivity (Wildman–Crippen MR) is 120 cm³/mol. The number of hydrogen-bond donors (Lipinski definition) is 1. The van der Waals surface area contributed by atoms with Gasteiger partial charge in [-0.1, -0.05) is 20.8 Å². The molecule has 0 amide bonds. The molecule has 0 bridgehead atoms. The van der Waals surface area contributed by atoms with E-state index in [2.05, 4.69) is 35.0 Å². The summed E-state index contributed by atoms with van der Waals surface area (Å²) in [6, 6.07) is 5.36. The highest BCUT2D eigenvalue weighted by molar-refractivity contribution is 7.92. The fraction of sp³-hybridized carbons (Fsp3) is 0.429. The Morgan fingerprint density at radius 3 is 2.40 bits per heavy atom. The third kappa shape index (κ3) is 4.51. The number of benzene rings is 1. The molecule has 0 radical (unpaired) electrons. The summed E-state index contributed by atoms with van der Waals surface area (Å²) in [5, 5.41) is 0. The number of aromatic nitrogens is 3.